The van der Waals surface area contributed by atoms with Gasteiger partial charge in [0.15, 0.2) is 4.90 Å². The second-order valence-corrected chi connectivity index (χ2v) is 9.86. The predicted molar refractivity (Wildman–Crippen MR) is 83.2 cm³/mol. The Labute approximate surface area is 140 Å². The number of sulfonamides is 2. The Morgan fingerprint density at radius 2 is 1.54 bits per heavy atom. The molecule has 10 heteroatoms. The van der Waals surface area contributed by atoms with Gasteiger partial charge in [0.25, 0.3) is 0 Å². The number of nitrogens with one attached hydrogen (secondary N) is 1. The Morgan fingerprint density at radius 3 is 2.00 bits per heavy atom. The zero-order valence-corrected chi connectivity index (χ0v) is 14.6. The smallest absolute Gasteiger partial charge is 0.212 e. The second-order valence-electron chi connectivity index (χ2n) is 6.32. The summed E-state index contributed by atoms with van der Waals surface area (Å²) in [6, 6.07) is 1.74. The first-order chi connectivity index (χ1) is 11.1. The minimum atomic E-state index is -4.36. The molecule has 0 amide bonds. The molecule has 2 unspecified atom stereocenters. The highest BCUT2D eigenvalue weighted by Crippen LogP contribution is 2.38. The number of rotatable bonds is 4. The summed E-state index contributed by atoms with van der Waals surface area (Å²) in [5.74, 6) is -2.31. The summed E-state index contributed by atoms with van der Waals surface area (Å²) >= 11 is 0. The van der Waals surface area contributed by atoms with Crippen LogP contribution in [-0.4, -0.2) is 45.5 Å². The van der Waals surface area contributed by atoms with Crippen LogP contribution in [0, 0.1) is 11.6 Å². The van der Waals surface area contributed by atoms with Gasteiger partial charge in [0.1, 0.15) is 11.6 Å². The largest absolute Gasteiger partial charge is 0.246 e. The molecular formula is C14H18F2N2O4S2. The number of benzene rings is 1. The van der Waals surface area contributed by atoms with E-state index in [2.05, 4.69) is 4.72 Å². The molecule has 2 heterocycles. The predicted octanol–water partition coefficient (Wildman–Crippen LogP) is 1.20. The summed E-state index contributed by atoms with van der Waals surface area (Å²) in [6.07, 6.45) is 3.03. The van der Waals surface area contributed by atoms with Gasteiger partial charge in [-0.15, -0.1) is 0 Å². The summed E-state index contributed by atoms with van der Waals surface area (Å²) < 4.78 is 79.6. The molecule has 2 fully saturated rings. The summed E-state index contributed by atoms with van der Waals surface area (Å²) in [5.41, 5.74) is 0. The van der Waals surface area contributed by atoms with Crippen LogP contribution in [0.2, 0.25) is 0 Å². The first-order valence-corrected chi connectivity index (χ1v) is 10.9. The minimum Gasteiger partial charge on any atom is -0.212 e. The van der Waals surface area contributed by atoms with Gasteiger partial charge in [-0.2, -0.15) is 4.31 Å². The van der Waals surface area contributed by atoms with E-state index < -0.39 is 42.6 Å². The van der Waals surface area contributed by atoms with Crippen molar-refractivity contribution < 1.29 is 25.6 Å². The normalized spacial score (nSPS) is 28.2. The van der Waals surface area contributed by atoms with Crippen molar-refractivity contribution in [2.75, 3.05) is 6.26 Å². The van der Waals surface area contributed by atoms with E-state index in [9.17, 15) is 25.6 Å². The lowest BCUT2D eigenvalue weighted by molar-refractivity contribution is 0.220. The van der Waals surface area contributed by atoms with Gasteiger partial charge in [0.05, 0.1) is 6.26 Å². The van der Waals surface area contributed by atoms with E-state index >= 15 is 0 Å². The van der Waals surface area contributed by atoms with Crippen molar-refractivity contribution in [3.8, 4) is 0 Å². The summed E-state index contributed by atoms with van der Waals surface area (Å²) in [6.45, 7) is 0. The van der Waals surface area contributed by atoms with Gasteiger partial charge >= 0.3 is 0 Å². The summed E-state index contributed by atoms with van der Waals surface area (Å²) in [5, 5.41) is 0. The molecule has 24 heavy (non-hydrogen) atoms. The Hall–Kier alpha value is -1.10. The lowest BCUT2D eigenvalue weighted by Crippen LogP contribution is -2.52. The molecule has 2 bridgehead atoms. The molecule has 2 saturated heterocycles. The lowest BCUT2D eigenvalue weighted by Gasteiger charge is -2.37. The van der Waals surface area contributed by atoms with Gasteiger partial charge in [-0.3, -0.25) is 0 Å². The number of halogens is 2. The minimum absolute atomic E-state index is 0.281. The van der Waals surface area contributed by atoms with Crippen molar-refractivity contribution in [1.82, 2.24) is 9.03 Å². The fourth-order valence-corrected chi connectivity index (χ4v) is 6.65. The van der Waals surface area contributed by atoms with Gasteiger partial charge in [-0.1, -0.05) is 6.07 Å². The number of fused-ring (bicyclic) bond motifs is 2. The average Bonchev–Trinajstić information content (AvgIpc) is 2.70. The molecule has 0 radical (unpaired) electrons. The first-order valence-electron chi connectivity index (χ1n) is 7.54. The quantitative estimate of drug-likeness (QED) is 0.851. The highest BCUT2D eigenvalue weighted by Gasteiger charge is 2.46. The molecular weight excluding hydrogens is 362 g/mol. The highest BCUT2D eigenvalue weighted by molar-refractivity contribution is 7.89. The SMILES string of the molecule is CS(=O)(=O)N1C2CCC1CC(NS(=O)(=O)c1c(F)cccc1F)C2. The molecule has 0 spiro atoms. The standard InChI is InChI=1S/C14H18F2N2O4S2/c1-23(19,20)18-10-5-6-11(18)8-9(7-10)17-24(21,22)14-12(15)3-2-4-13(14)16/h2-4,9-11,17H,5-8H2,1H3. The third-order valence-electron chi connectivity index (χ3n) is 4.56. The number of hydrogen-bond donors (Lipinski definition) is 1. The summed E-state index contributed by atoms with van der Waals surface area (Å²) in [7, 11) is -7.72. The average molecular weight is 380 g/mol. The van der Waals surface area contributed by atoms with Crippen LogP contribution in [0.25, 0.3) is 0 Å². The Balaban J connectivity index is 1.81. The Kier molecular flexibility index (Phi) is 4.44. The Bertz CT molecular complexity index is 823. The monoisotopic (exact) mass is 380 g/mol. The van der Waals surface area contributed by atoms with Crippen molar-refractivity contribution in [2.45, 2.75) is 48.7 Å². The topological polar surface area (TPSA) is 83.6 Å². The number of nitrogens with zero attached hydrogens (tertiary/aromatic N) is 1. The molecule has 0 saturated carbocycles. The van der Waals surface area contributed by atoms with Gasteiger partial charge in [0, 0.05) is 18.1 Å². The molecule has 6 nitrogen and oxygen atoms in total. The molecule has 1 N–H and O–H groups in total. The maximum atomic E-state index is 13.7. The zero-order valence-electron chi connectivity index (χ0n) is 12.9. The molecule has 0 aliphatic carbocycles. The van der Waals surface area contributed by atoms with E-state index in [-0.39, 0.29) is 12.1 Å². The first kappa shape index (κ1) is 17.7. The van der Waals surface area contributed by atoms with Gasteiger partial charge in [0.2, 0.25) is 20.0 Å². The molecule has 2 atom stereocenters. The van der Waals surface area contributed by atoms with Crippen LogP contribution in [0.4, 0.5) is 8.78 Å². The third kappa shape index (κ3) is 3.19. The molecule has 2 aliphatic heterocycles. The van der Waals surface area contributed by atoms with Crippen LogP contribution in [0.3, 0.4) is 0 Å². The van der Waals surface area contributed by atoms with Crippen LogP contribution < -0.4 is 4.72 Å². The highest BCUT2D eigenvalue weighted by atomic mass is 32.2. The van der Waals surface area contributed by atoms with Crippen molar-refractivity contribution >= 4 is 20.0 Å². The zero-order chi connectivity index (χ0) is 17.7. The molecule has 0 aromatic heterocycles. The van der Waals surface area contributed by atoms with Crippen LogP contribution >= 0.6 is 0 Å². The molecule has 134 valence electrons. The van der Waals surface area contributed by atoms with Gasteiger partial charge in [-0.25, -0.2) is 30.3 Å². The molecule has 3 rings (SSSR count). The van der Waals surface area contributed by atoms with Crippen molar-refractivity contribution in [3.05, 3.63) is 29.8 Å². The van der Waals surface area contributed by atoms with Crippen molar-refractivity contribution in [2.24, 2.45) is 0 Å². The van der Waals surface area contributed by atoms with Gasteiger partial charge < -0.3 is 0 Å². The van der Waals surface area contributed by atoms with Crippen LogP contribution in [-0.2, 0) is 20.0 Å². The fraction of sp³-hybridized carbons (Fsp3) is 0.571. The van der Waals surface area contributed by atoms with E-state index in [4.69, 9.17) is 0 Å². The van der Waals surface area contributed by atoms with E-state index in [1.807, 2.05) is 0 Å². The van der Waals surface area contributed by atoms with Crippen LogP contribution in [0.15, 0.2) is 23.1 Å². The lowest BCUT2D eigenvalue weighted by atomic mass is 10.0. The van der Waals surface area contributed by atoms with Crippen LogP contribution in [0.1, 0.15) is 25.7 Å². The molecule has 1 aromatic rings. The Morgan fingerprint density at radius 1 is 1.04 bits per heavy atom. The van der Waals surface area contributed by atoms with Crippen molar-refractivity contribution in [1.29, 1.82) is 0 Å². The molecule has 1 aromatic carbocycles. The fourth-order valence-electron chi connectivity index (χ4n) is 3.79. The number of hydrogen-bond acceptors (Lipinski definition) is 4. The third-order valence-corrected chi connectivity index (χ3v) is 7.49. The maximum Gasteiger partial charge on any atom is 0.246 e. The van der Waals surface area contributed by atoms with Crippen molar-refractivity contribution in [3.63, 3.8) is 0 Å². The molecule has 2 aliphatic rings. The van der Waals surface area contributed by atoms with E-state index in [0.29, 0.717) is 25.7 Å². The number of piperidine rings is 1. The second kappa shape index (κ2) is 6.01. The van der Waals surface area contributed by atoms with E-state index in [1.165, 1.54) is 4.31 Å². The van der Waals surface area contributed by atoms with E-state index in [1.54, 1.807) is 0 Å². The summed E-state index contributed by atoms with van der Waals surface area (Å²) in [4.78, 5) is -0.997. The van der Waals surface area contributed by atoms with E-state index in [0.717, 1.165) is 24.5 Å². The maximum absolute atomic E-state index is 13.7. The van der Waals surface area contributed by atoms with Gasteiger partial charge in [-0.05, 0) is 37.8 Å². The van der Waals surface area contributed by atoms with Crippen LogP contribution in [0.5, 0.6) is 0 Å².